The summed E-state index contributed by atoms with van der Waals surface area (Å²) >= 11 is 3.22. The van der Waals surface area contributed by atoms with Crippen LogP contribution < -0.4 is 11.1 Å². The Bertz CT molecular complexity index is 384. The number of nitrogens with one attached hydrogen (secondary N) is 1. The second kappa shape index (κ2) is 5.96. The summed E-state index contributed by atoms with van der Waals surface area (Å²) in [5.41, 5.74) is 5.54. The fraction of sp³-hybridized carbons (Fsp3) is 0.364. The van der Waals surface area contributed by atoms with Gasteiger partial charge in [-0.15, -0.1) is 0 Å². The molecule has 1 aromatic rings. The van der Waals surface area contributed by atoms with Crippen molar-refractivity contribution in [1.82, 2.24) is 0 Å². The monoisotopic (exact) mass is 288 g/mol. The normalized spacial score (nSPS) is 12.2. The third kappa shape index (κ3) is 3.57. The Kier molecular flexibility index (Phi) is 4.89. The number of hydrogen-bond donors (Lipinski definition) is 2. The lowest BCUT2D eigenvalue weighted by Gasteiger charge is -2.11. The van der Waals surface area contributed by atoms with Crippen molar-refractivity contribution < 1.29 is 9.18 Å². The third-order valence-electron chi connectivity index (χ3n) is 2.23. The summed E-state index contributed by atoms with van der Waals surface area (Å²) in [7, 11) is 0. The average Bonchev–Trinajstić information content (AvgIpc) is 2.23. The number of carbonyl (C=O) groups is 1. The number of hydrogen-bond acceptors (Lipinski definition) is 2. The van der Waals surface area contributed by atoms with Gasteiger partial charge in [0.2, 0.25) is 5.91 Å². The molecular formula is C11H14BrFN2O. The molecule has 1 unspecified atom stereocenters. The van der Waals surface area contributed by atoms with Crippen LogP contribution in [0.15, 0.2) is 22.7 Å². The molecular weight excluding hydrogens is 275 g/mol. The highest BCUT2D eigenvalue weighted by Gasteiger charge is 2.13. The lowest BCUT2D eigenvalue weighted by molar-refractivity contribution is -0.119. The van der Waals surface area contributed by atoms with E-state index in [0.29, 0.717) is 13.0 Å². The molecule has 3 N–H and O–H groups in total. The SMILES string of the molecule is CC(CCN)C(=O)Nc1cc(Br)ccc1F. The number of benzene rings is 1. The number of nitrogens with two attached hydrogens (primary N) is 1. The quantitative estimate of drug-likeness (QED) is 0.894. The third-order valence-corrected chi connectivity index (χ3v) is 2.73. The van der Waals surface area contributed by atoms with E-state index in [9.17, 15) is 9.18 Å². The van der Waals surface area contributed by atoms with Crippen LogP contribution >= 0.6 is 15.9 Å². The molecule has 3 nitrogen and oxygen atoms in total. The topological polar surface area (TPSA) is 55.1 Å². The number of halogens is 2. The number of carbonyl (C=O) groups excluding carboxylic acids is 1. The van der Waals surface area contributed by atoms with Crippen molar-refractivity contribution in [2.75, 3.05) is 11.9 Å². The molecule has 0 aromatic heterocycles. The maximum Gasteiger partial charge on any atom is 0.227 e. The van der Waals surface area contributed by atoms with Crippen LogP contribution in [-0.2, 0) is 4.79 Å². The molecule has 5 heteroatoms. The van der Waals surface area contributed by atoms with Gasteiger partial charge in [-0.05, 0) is 31.2 Å². The lowest BCUT2D eigenvalue weighted by atomic mass is 10.1. The van der Waals surface area contributed by atoms with Crippen LogP contribution in [0.25, 0.3) is 0 Å². The van der Waals surface area contributed by atoms with Crippen LogP contribution in [0.3, 0.4) is 0 Å². The number of rotatable bonds is 4. The predicted octanol–water partition coefficient (Wildman–Crippen LogP) is 2.51. The van der Waals surface area contributed by atoms with Gasteiger partial charge in [0.1, 0.15) is 5.82 Å². The van der Waals surface area contributed by atoms with Crippen LogP contribution in [-0.4, -0.2) is 12.5 Å². The molecule has 0 saturated heterocycles. The summed E-state index contributed by atoms with van der Waals surface area (Å²) in [4.78, 5) is 11.6. The molecule has 0 spiro atoms. The zero-order chi connectivity index (χ0) is 12.1. The van der Waals surface area contributed by atoms with Crippen molar-refractivity contribution >= 4 is 27.5 Å². The fourth-order valence-corrected chi connectivity index (χ4v) is 1.59. The van der Waals surface area contributed by atoms with E-state index >= 15 is 0 Å². The molecule has 0 aliphatic rings. The highest BCUT2D eigenvalue weighted by Crippen LogP contribution is 2.20. The van der Waals surface area contributed by atoms with E-state index in [1.807, 2.05) is 0 Å². The van der Waals surface area contributed by atoms with Gasteiger partial charge < -0.3 is 11.1 Å². The molecule has 88 valence electrons. The number of amides is 1. The first-order valence-corrected chi connectivity index (χ1v) is 5.80. The molecule has 0 fully saturated rings. The summed E-state index contributed by atoms with van der Waals surface area (Å²) in [6.07, 6.45) is 0.585. The maximum atomic E-state index is 13.3. The van der Waals surface area contributed by atoms with Gasteiger partial charge in [0, 0.05) is 10.4 Å². The first kappa shape index (κ1) is 13.1. The maximum absolute atomic E-state index is 13.3. The molecule has 16 heavy (non-hydrogen) atoms. The minimum atomic E-state index is -0.448. The molecule has 0 aliphatic carbocycles. The Balaban J connectivity index is 2.72. The minimum absolute atomic E-state index is 0.184. The highest BCUT2D eigenvalue weighted by molar-refractivity contribution is 9.10. The lowest BCUT2D eigenvalue weighted by Crippen LogP contribution is -2.23. The molecule has 1 aromatic carbocycles. The van der Waals surface area contributed by atoms with Gasteiger partial charge in [-0.1, -0.05) is 22.9 Å². The van der Waals surface area contributed by atoms with E-state index in [2.05, 4.69) is 21.2 Å². The molecule has 0 aliphatic heterocycles. The van der Waals surface area contributed by atoms with E-state index < -0.39 is 5.82 Å². The highest BCUT2D eigenvalue weighted by atomic mass is 79.9. The van der Waals surface area contributed by atoms with Gasteiger partial charge in [0.05, 0.1) is 5.69 Å². The second-order valence-electron chi connectivity index (χ2n) is 3.59. The number of anilines is 1. The van der Waals surface area contributed by atoms with E-state index in [-0.39, 0.29) is 17.5 Å². The summed E-state index contributed by atoms with van der Waals surface area (Å²) in [5, 5.41) is 2.54. The van der Waals surface area contributed by atoms with Crippen molar-refractivity contribution in [3.8, 4) is 0 Å². The molecule has 1 rings (SSSR count). The van der Waals surface area contributed by atoms with Gasteiger partial charge in [-0.3, -0.25) is 4.79 Å². The zero-order valence-corrected chi connectivity index (χ0v) is 10.6. The minimum Gasteiger partial charge on any atom is -0.330 e. The van der Waals surface area contributed by atoms with Crippen LogP contribution in [0.1, 0.15) is 13.3 Å². The zero-order valence-electron chi connectivity index (χ0n) is 8.97. The smallest absolute Gasteiger partial charge is 0.227 e. The second-order valence-corrected chi connectivity index (χ2v) is 4.51. The Hall–Kier alpha value is -0.940. The van der Waals surface area contributed by atoms with Gasteiger partial charge in [0.25, 0.3) is 0 Å². The summed E-state index contributed by atoms with van der Waals surface area (Å²) in [6.45, 7) is 2.20. The van der Waals surface area contributed by atoms with Crippen LogP contribution in [0.4, 0.5) is 10.1 Å². The van der Waals surface area contributed by atoms with Crippen molar-refractivity contribution in [2.45, 2.75) is 13.3 Å². The summed E-state index contributed by atoms with van der Waals surface area (Å²) in [6, 6.07) is 4.41. The van der Waals surface area contributed by atoms with Crippen molar-refractivity contribution in [3.05, 3.63) is 28.5 Å². The van der Waals surface area contributed by atoms with Crippen LogP contribution in [0.5, 0.6) is 0 Å². The fourth-order valence-electron chi connectivity index (χ4n) is 1.23. The Morgan fingerprint density at radius 1 is 1.62 bits per heavy atom. The first-order valence-electron chi connectivity index (χ1n) is 5.00. The standard InChI is InChI=1S/C11H14BrFN2O/c1-7(4-5-14)11(16)15-10-6-8(12)2-3-9(10)13/h2-3,6-7H,4-5,14H2,1H3,(H,15,16). The van der Waals surface area contributed by atoms with Crippen LogP contribution in [0.2, 0.25) is 0 Å². The van der Waals surface area contributed by atoms with E-state index in [0.717, 1.165) is 4.47 Å². The Labute approximate surface area is 102 Å². The van der Waals surface area contributed by atoms with E-state index in [4.69, 9.17) is 5.73 Å². The Morgan fingerprint density at radius 2 is 2.31 bits per heavy atom. The van der Waals surface area contributed by atoms with Crippen molar-refractivity contribution in [1.29, 1.82) is 0 Å². The summed E-state index contributed by atoms with van der Waals surface area (Å²) < 4.78 is 14.0. The summed E-state index contributed by atoms with van der Waals surface area (Å²) in [5.74, 6) is -0.887. The van der Waals surface area contributed by atoms with Crippen LogP contribution in [0, 0.1) is 11.7 Å². The molecule has 1 amide bonds. The van der Waals surface area contributed by atoms with Crippen molar-refractivity contribution in [2.24, 2.45) is 11.7 Å². The molecule has 0 radical (unpaired) electrons. The Morgan fingerprint density at radius 3 is 2.94 bits per heavy atom. The van der Waals surface area contributed by atoms with Crippen molar-refractivity contribution in [3.63, 3.8) is 0 Å². The van der Waals surface area contributed by atoms with E-state index in [1.165, 1.54) is 12.1 Å². The van der Waals surface area contributed by atoms with Gasteiger partial charge in [-0.2, -0.15) is 0 Å². The molecule has 1 atom stereocenters. The van der Waals surface area contributed by atoms with E-state index in [1.54, 1.807) is 13.0 Å². The largest absolute Gasteiger partial charge is 0.330 e. The molecule has 0 heterocycles. The predicted molar refractivity (Wildman–Crippen MR) is 65.6 cm³/mol. The van der Waals surface area contributed by atoms with Gasteiger partial charge in [0.15, 0.2) is 0 Å². The molecule has 0 bridgehead atoms. The van der Waals surface area contributed by atoms with Gasteiger partial charge in [-0.25, -0.2) is 4.39 Å². The average molecular weight is 289 g/mol. The molecule has 0 saturated carbocycles. The first-order chi connectivity index (χ1) is 7.54. The van der Waals surface area contributed by atoms with Gasteiger partial charge >= 0.3 is 0 Å².